The van der Waals surface area contributed by atoms with Gasteiger partial charge in [-0.05, 0) is 24.1 Å². The van der Waals surface area contributed by atoms with Crippen molar-refractivity contribution in [2.45, 2.75) is 6.92 Å². The maximum absolute atomic E-state index is 5.21. The first-order valence-corrected chi connectivity index (χ1v) is 4.98. The Labute approximate surface area is 91.4 Å². The molecule has 1 aromatic carbocycles. The Balaban J connectivity index is 2.60. The molecule has 0 fully saturated rings. The van der Waals surface area contributed by atoms with Crippen LogP contribution in [0.25, 0.3) is 5.57 Å². The van der Waals surface area contributed by atoms with Crippen LogP contribution in [0.1, 0.15) is 12.5 Å². The minimum Gasteiger partial charge on any atom is -0.495 e. The lowest BCUT2D eigenvalue weighted by molar-refractivity contribution is 0.244. The lowest BCUT2D eigenvalue weighted by atomic mass is 10.1. The molecule has 1 rings (SSSR count). The van der Waals surface area contributed by atoms with E-state index in [4.69, 9.17) is 4.74 Å². The van der Waals surface area contributed by atoms with Gasteiger partial charge >= 0.3 is 0 Å². The van der Waals surface area contributed by atoms with Gasteiger partial charge in [0.05, 0.1) is 6.61 Å². The zero-order chi connectivity index (χ0) is 11.1. The van der Waals surface area contributed by atoms with Crippen LogP contribution in [0.5, 0.6) is 0 Å². The Morgan fingerprint density at radius 1 is 1.20 bits per heavy atom. The molecule has 0 bridgehead atoms. The minimum atomic E-state index is 0.640. The van der Waals surface area contributed by atoms with Crippen LogP contribution in [0.15, 0.2) is 61.4 Å². The van der Waals surface area contributed by atoms with Gasteiger partial charge in [0.2, 0.25) is 0 Å². The van der Waals surface area contributed by atoms with E-state index >= 15 is 0 Å². The molecule has 1 nitrogen and oxygen atoms in total. The van der Waals surface area contributed by atoms with Crippen molar-refractivity contribution in [1.29, 1.82) is 0 Å². The Hall–Kier alpha value is -1.76. The van der Waals surface area contributed by atoms with Gasteiger partial charge in [0, 0.05) is 0 Å². The van der Waals surface area contributed by atoms with Crippen LogP contribution in [0, 0.1) is 0 Å². The van der Waals surface area contributed by atoms with Crippen LogP contribution in [0.4, 0.5) is 0 Å². The van der Waals surface area contributed by atoms with Gasteiger partial charge in [-0.3, -0.25) is 0 Å². The zero-order valence-electron chi connectivity index (χ0n) is 9.07. The Bertz CT molecular complexity index is 360. The molecule has 0 radical (unpaired) electrons. The van der Waals surface area contributed by atoms with Gasteiger partial charge in [-0.15, -0.1) is 0 Å². The monoisotopic (exact) mass is 200 g/mol. The van der Waals surface area contributed by atoms with Crippen LogP contribution in [0.3, 0.4) is 0 Å². The van der Waals surface area contributed by atoms with E-state index in [-0.39, 0.29) is 0 Å². The van der Waals surface area contributed by atoms with Crippen molar-refractivity contribution in [1.82, 2.24) is 0 Å². The third-order valence-corrected chi connectivity index (χ3v) is 1.94. The molecule has 0 N–H and O–H groups in total. The Morgan fingerprint density at radius 3 is 2.47 bits per heavy atom. The minimum absolute atomic E-state index is 0.640. The third kappa shape index (κ3) is 3.86. The molecule has 0 aliphatic carbocycles. The fourth-order valence-electron chi connectivity index (χ4n) is 1.18. The highest BCUT2D eigenvalue weighted by Gasteiger charge is 1.93. The molecule has 0 aromatic heterocycles. The second kappa shape index (κ2) is 5.86. The summed E-state index contributed by atoms with van der Waals surface area (Å²) in [6, 6.07) is 10.0. The normalized spacial score (nSPS) is 10.2. The standard InChI is InChI=1S/C14H16O/c1-4-15-13(3)11-10-12(2)14-8-6-5-7-9-14/h5-11H,2-4H2,1H3/b11-10-. The Morgan fingerprint density at radius 2 is 1.87 bits per heavy atom. The number of hydrogen-bond donors (Lipinski definition) is 0. The fourth-order valence-corrected chi connectivity index (χ4v) is 1.18. The lowest BCUT2D eigenvalue weighted by Gasteiger charge is -2.02. The first-order chi connectivity index (χ1) is 7.24. The number of rotatable bonds is 5. The van der Waals surface area contributed by atoms with Gasteiger partial charge in [0.1, 0.15) is 5.76 Å². The second-order valence-electron chi connectivity index (χ2n) is 3.12. The number of allylic oxidation sites excluding steroid dienone is 3. The molecule has 1 heteroatoms. The average Bonchev–Trinajstić information content (AvgIpc) is 2.27. The van der Waals surface area contributed by atoms with E-state index in [9.17, 15) is 0 Å². The summed E-state index contributed by atoms with van der Waals surface area (Å²) in [4.78, 5) is 0. The van der Waals surface area contributed by atoms with Crippen LogP contribution in [0.2, 0.25) is 0 Å². The van der Waals surface area contributed by atoms with E-state index in [2.05, 4.69) is 13.2 Å². The molecule has 15 heavy (non-hydrogen) atoms. The number of hydrogen-bond acceptors (Lipinski definition) is 1. The molecule has 0 unspecified atom stereocenters. The van der Waals surface area contributed by atoms with Crippen molar-refractivity contribution in [3.63, 3.8) is 0 Å². The van der Waals surface area contributed by atoms with Crippen LogP contribution in [-0.2, 0) is 4.74 Å². The average molecular weight is 200 g/mol. The maximum atomic E-state index is 5.21. The fraction of sp³-hybridized carbons (Fsp3) is 0.143. The predicted octanol–water partition coefficient (Wildman–Crippen LogP) is 3.81. The number of ether oxygens (including phenoxy) is 1. The lowest BCUT2D eigenvalue weighted by Crippen LogP contribution is -1.85. The molecule has 78 valence electrons. The molecular formula is C14H16O. The van der Waals surface area contributed by atoms with E-state index in [1.54, 1.807) is 0 Å². The van der Waals surface area contributed by atoms with Crippen LogP contribution in [-0.4, -0.2) is 6.61 Å². The summed E-state index contributed by atoms with van der Waals surface area (Å²) in [5.74, 6) is 0.662. The molecule has 0 saturated carbocycles. The van der Waals surface area contributed by atoms with Gasteiger partial charge in [-0.2, -0.15) is 0 Å². The van der Waals surface area contributed by atoms with Crippen molar-refractivity contribution >= 4 is 5.57 Å². The summed E-state index contributed by atoms with van der Waals surface area (Å²) in [5, 5.41) is 0. The maximum Gasteiger partial charge on any atom is 0.112 e. The molecule has 0 atom stereocenters. The highest BCUT2D eigenvalue weighted by atomic mass is 16.5. The van der Waals surface area contributed by atoms with Gasteiger partial charge in [-0.1, -0.05) is 49.6 Å². The van der Waals surface area contributed by atoms with Gasteiger partial charge < -0.3 is 4.74 Å². The van der Waals surface area contributed by atoms with Crippen molar-refractivity contribution < 1.29 is 4.74 Å². The third-order valence-electron chi connectivity index (χ3n) is 1.94. The molecule has 0 spiro atoms. The van der Waals surface area contributed by atoms with E-state index in [1.165, 1.54) is 0 Å². The molecule has 0 aliphatic rings. The van der Waals surface area contributed by atoms with E-state index in [1.807, 2.05) is 49.4 Å². The van der Waals surface area contributed by atoms with Crippen molar-refractivity contribution in [3.8, 4) is 0 Å². The molecular weight excluding hydrogens is 184 g/mol. The van der Waals surface area contributed by atoms with Crippen LogP contribution >= 0.6 is 0 Å². The first kappa shape index (κ1) is 11.3. The smallest absolute Gasteiger partial charge is 0.112 e. The second-order valence-corrected chi connectivity index (χ2v) is 3.12. The van der Waals surface area contributed by atoms with E-state index in [0.717, 1.165) is 11.1 Å². The van der Waals surface area contributed by atoms with E-state index in [0.29, 0.717) is 12.4 Å². The quantitative estimate of drug-likeness (QED) is 0.519. The summed E-state index contributed by atoms with van der Waals surface area (Å²) in [5.41, 5.74) is 2.06. The summed E-state index contributed by atoms with van der Waals surface area (Å²) in [6.45, 7) is 10.3. The summed E-state index contributed by atoms with van der Waals surface area (Å²) in [6.07, 6.45) is 3.74. The highest BCUT2D eigenvalue weighted by Crippen LogP contribution is 2.13. The zero-order valence-corrected chi connectivity index (χ0v) is 9.07. The highest BCUT2D eigenvalue weighted by molar-refractivity contribution is 5.72. The van der Waals surface area contributed by atoms with Crippen molar-refractivity contribution in [3.05, 3.63) is 67.0 Å². The molecule has 0 amide bonds. The summed E-state index contributed by atoms with van der Waals surface area (Å²) >= 11 is 0. The van der Waals surface area contributed by atoms with Gasteiger partial charge in [0.25, 0.3) is 0 Å². The summed E-state index contributed by atoms with van der Waals surface area (Å²) in [7, 11) is 0. The van der Waals surface area contributed by atoms with Gasteiger partial charge in [0.15, 0.2) is 0 Å². The number of benzene rings is 1. The van der Waals surface area contributed by atoms with Gasteiger partial charge in [-0.25, -0.2) is 0 Å². The van der Waals surface area contributed by atoms with Crippen LogP contribution < -0.4 is 0 Å². The molecule has 0 saturated heterocycles. The first-order valence-electron chi connectivity index (χ1n) is 4.98. The summed E-state index contributed by atoms with van der Waals surface area (Å²) < 4.78 is 5.21. The largest absolute Gasteiger partial charge is 0.495 e. The predicted molar refractivity (Wildman–Crippen MR) is 65.4 cm³/mol. The topological polar surface area (TPSA) is 9.23 Å². The molecule has 0 aliphatic heterocycles. The molecule has 0 heterocycles. The molecule has 1 aromatic rings. The van der Waals surface area contributed by atoms with E-state index < -0.39 is 0 Å². The van der Waals surface area contributed by atoms with Crippen molar-refractivity contribution in [2.24, 2.45) is 0 Å². The van der Waals surface area contributed by atoms with Crippen molar-refractivity contribution in [2.75, 3.05) is 6.61 Å². The SMILES string of the molecule is C=C(/C=C\C(=C)c1ccccc1)OCC. The Kier molecular flexibility index (Phi) is 4.42.